The number of aromatic nitrogens is 2. The number of carboxylic acids is 1. The smallest absolute Gasteiger partial charge is 0.329 e. The van der Waals surface area contributed by atoms with Crippen LogP contribution in [0, 0.1) is 0 Å². The van der Waals surface area contributed by atoms with Gasteiger partial charge in [-0.2, -0.15) is 16.3 Å². The molecule has 0 aromatic carbocycles. The van der Waals surface area contributed by atoms with E-state index in [4.69, 9.17) is 4.52 Å². The molecule has 1 fully saturated rings. The first-order valence-corrected chi connectivity index (χ1v) is 9.43. The zero-order valence-corrected chi connectivity index (χ0v) is 14.7. The summed E-state index contributed by atoms with van der Waals surface area (Å²) >= 11 is 1.54. The molecule has 8 heteroatoms. The predicted octanol–water partition coefficient (Wildman–Crippen LogP) is 3.02. The van der Waals surface area contributed by atoms with Crippen LogP contribution in [0.1, 0.15) is 50.8 Å². The normalized spacial score (nSPS) is 17.0. The van der Waals surface area contributed by atoms with Crippen LogP contribution in [-0.4, -0.2) is 32.7 Å². The molecule has 2 N–H and O–H groups in total. The maximum atomic E-state index is 12.3. The fourth-order valence-corrected chi connectivity index (χ4v) is 3.77. The van der Waals surface area contributed by atoms with Gasteiger partial charge in [0.1, 0.15) is 5.54 Å². The van der Waals surface area contributed by atoms with Gasteiger partial charge < -0.3 is 14.9 Å². The molecule has 0 bridgehead atoms. The quantitative estimate of drug-likeness (QED) is 0.764. The highest BCUT2D eigenvalue weighted by molar-refractivity contribution is 7.08. The Morgan fingerprint density at radius 1 is 1.28 bits per heavy atom. The number of hydrogen-bond acceptors (Lipinski definition) is 6. The zero-order valence-electron chi connectivity index (χ0n) is 13.9. The van der Waals surface area contributed by atoms with Crippen LogP contribution in [0.4, 0.5) is 0 Å². The lowest BCUT2D eigenvalue weighted by Gasteiger charge is -2.29. The molecule has 1 aliphatic rings. The molecule has 1 aliphatic carbocycles. The van der Waals surface area contributed by atoms with Gasteiger partial charge in [-0.3, -0.25) is 4.79 Å². The minimum absolute atomic E-state index is 0.125. The molecule has 0 unspecified atom stereocenters. The van der Waals surface area contributed by atoms with Gasteiger partial charge in [0.05, 0.1) is 0 Å². The molecule has 2 heterocycles. The highest BCUT2D eigenvalue weighted by Crippen LogP contribution is 2.27. The van der Waals surface area contributed by atoms with Crippen molar-refractivity contribution >= 4 is 23.2 Å². The van der Waals surface area contributed by atoms with Crippen LogP contribution in [0.3, 0.4) is 0 Å². The summed E-state index contributed by atoms with van der Waals surface area (Å²) in [6.07, 6.45) is 5.05. The van der Waals surface area contributed by atoms with Crippen LogP contribution in [0.2, 0.25) is 0 Å². The van der Waals surface area contributed by atoms with Crippen molar-refractivity contribution in [3.05, 3.63) is 22.7 Å². The number of carbonyl (C=O) groups excluding carboxylic acids is 1. The van der Waals surface area contributed by atoms with Crippen LogP contribution in [0.25, 0.3) is 11.4 Å². The van der Waals surface area contributed by atoms with Crippen molar-refractivity contribution in [3.8, 4) is 11.4 Å². The van der Waals surface area contributed by atoms with Gasteiger partial charge >= 0.3 is 5.97 Å². The minimum atomic E-state index is -1.13. The highest BCUT2D eigenvalue weighted by atomic mass is 32.1. The standard InChI is InChI=1S/C17H21N3O4S/c21-13(19-17(16(22)23)8-3-1-2-4-9-17)5-6-14-18-15(20-24-14)12-7-10-25-11-12/h7,10-11H,1-6,8-9H2,(H,19,21)(H,22,23). The number of aryl methyl sites for hydroxylation is 1. The second-order valence-electron chi connectivity index (χ2n) is 6.37. The van der Waals surface area contributed by atoms with Gasteiger partial charge in [-0.15, -0.1) is 0 Å². The van der Waals surface area contributed by atoms with Crippen LogP contribution in [0.15, 0.2) is 21.3 Å². The summed E-state index contributed by atoms with van der Waals surface area (Å²) in [5.74, 6) is -0.358. The van der Waals surface area contributed by atoms with Gasteiger partial charge in [0.2, 0.25) is 17.6 Å². The lowest BCUT2D eigenvalue weighted by molar-refractivity contribution is -0.148. The minimum Gasteiger partial charge on any atom is -0.480 e. The predicted molar refractivity (Wildman–Crippen MR) is 92.1 cm³/mol. The lowest BCUT2D eigenvalue weighted by atomic mass is 9.90. The van der Waals surface area contributed by atoms with Crippen molar-refractivity contribution in [2.45, 2.75) is 56.9 Å². The number of carbonyl (C=O) groups is 2. The molecule has 134 valence electrons. The van der Waals surface area contributed by atoms with Crippen molar-refractivity contribution in [1.82, 2.24) is 15.5 Å². The summed E-state index contributed by atoms with van der Waals surface area (Å²) in [5, 5.41) is 20.1. The van der Waals surface area contributed by atoms with Gasteiger partial charge in [0.25, 0.3) is 0 Å². The van der Waals surface area contributed by atoms with E-state index in [1.165, 1.54) is 0 Å². The number of nitrogens with zero attached hydrogens (tertiary/aromatic N) is 2. The van der Waals surface area contributed by atoms with Gasteiger partial charge in [-0.1, -0.05) is 30.8 Å². The molecule has 3 rings (SSSR count). The molecule has 0 atom stereocenters. The third-order valence-corrected chi connectivity index (χ3v) is 5.24. The van der Waals surface area contributed by atoms with Crippen molar-refractivity contribution in [2.24, 2.45) is 0 Å². The van der Waals surface area contributed by atoms with E-state index in [9.17, 15) is 14.7 Å². The Hall–Kier alpha value is -2.22. The molecule has 2 aromatic rings. The largest absolute Gasteiger partial charge is 0.480 e. The maximum Gasteiger partial charge on any atom is 0.329 e. The number of aliphatic carboxylic acids is 1. The van der Waals surface area contributed by atoms with Crippen molar-refractivity contribution in [1.29, 1.82) is 0 Å². The summed E-state index contributed by atoms with van der Waals surface area (Å²) in [6, 6.07) is 1.90. The van der Waals surface area contributed by atoms with Gasteiger partial charge in [0.15, 0.2) is 0 Å². The Balaban J connectivity index is 1.57. The molecule has 0 aliphatic heterocycles. The van der Waals surface area contributed by atoms with Gasteiger partial charge in [0, 0.05) is 23.8 Å². The fraction of sp³-hybridized carbons (Fsp3) is 0.529. The van der Waals surface area contributed by atoms with E-state index >= 15 is 0 Å². The second kappa shape index (κ2) is 7.77. The van der Waals surface area contributed by atoms with Crippen LogP contribution in [0.5, 0.6) is 0 Å². The molecule has 1 amide bonds. The molecule has 7 nitrogen and oxygen atoms in total. The Bertz CT molecular complexity index is 718. The number of amides is 1. The lowest BCUT2D eigenvalue weighted by Crippen LogP contribution is -2.54. The number of nitrogens with one attached hydrogen (secondary N) is 1. The SMILES string of the molecule is O=C(CCc1nc(-c2ccsc2)no1)NC1(C(=O)O)CCCCCC1. The molecular formula is C17H21N3O4S. The monoisotopic (exact) mass is 363 g/mol. The number of hydrogen-bond donors (Lipinski definition) is 2. The van der Waals surface area contributed by atoms with Crippen LogP contribution >= 0.6 is 11.3 Å². The topological polar surface area (TPSA) is 105 Å². The van der Waals surface area contributed by atoms with E-state index < -0.39 is 11.5 Å². The van der Waals surface area contributed by atoms with Crippen molar-refractivity contribution in [3.63, 3.8) is 0 Å². The van der Waals surface area contributed by atoms with Crippen molar-refractivity contribution < 1.29 is 19.2 Å². The summed E-state index contributed by atoms with van der Waals surface area (Å²) < 4.78 is 5.17. The van der Waals surface area contributed by atoms with E-state index in [1.54, 1.807) is 11.3 Å². The van der Waals surface area contributed by atoms with Crippen molar-refractivity contribution in [2.75, 3.05) is 0 Å². The molecule has 0 radical (unpaired) electrons. The first-order valence-electron chi connectivity index (χ1n) is 8.49. The average molecular weight is 363 g/mol. The van der Waals surface area contributed by atoms with E-state index in [0.29, 0.717) is 31.0 Å². The number of rotatable bonds is 6. The molecular weight excluding hydrogens is 342 g/mol. The third kappa shape index (κ3) is 4.25. The Morgan fingerprint density at radius 3 is 2.68 bits per heavy atom. The summed E-state index contributed by atoms with van der Waals surface area (Å²) in [6.45, 7) is 0. The maximum absolute atomic E-state index is 12.3. The molecule has 25 heavy (non-hydrogen) atoms. The van der Waals surface area contributed by atoms with Crippen LogP contribution < -0.4 is 5.32 Å². The van der Waals surface area contributed by atoms with E-state index in [1.807, 2.05) is 16.8 Å². The first kappa shape index (κ1) is 17.6. The third-order valence-electron chi connectivity index (χ3n) is 4.56. The van der Waals surface area contributed by atoms with Gasteiger partial charge in [-0.25, -0.2) is 4.79 Å². The number of thiophene rings is 1. The second-order valence-corrected chi connectivity index (χ2v) is 7.15. The fourth-order valence-electron chi connectivity index (χ4n) is 3.14. The average Bonchev–Trinajstić information content (AvgIpc) is 3.22. The molecule has 2 aromatic heterocycles. The molecule has 0 spiro atoms. The summed E-state index contributed by atoms with van der Waals surface area (Å²) in [7, 11) is 0. The highest BCUT2D eigenvalue weighted by Gasteiger charge is 2.39. The number of carboxylic acid groups (broad SMARTS) is 1. The zero-order chi connectivity index (χ0) is 17.7. The Morgan fingerprint density at radius 2 is 2.04 bits per heavy atom. The van der Waals surface area contributed by atoms with E-state index in [2.05, 4.69) is 15.5 Å². The van der Waals surface area contributed by atoms with E-state index in [0.717, 1.165) is 31.2 Å². The molecule has 0 saturated heterocycles. The van der Waals surface area contributed by atoms with Crippen LogP contribution in [-0.2, 0) is 16.0 Å². The van der Waals surface area contributed by atoms with Gasteiger partial charge in [-0.05, 0) is 24.3 Å². The Labute approximate surface area is 149 Å². The Kier molecular flexibility index (Phi) is 5.47. The summed E-state index contributed by atoms with van der Waals surface area (Å²) in [4.78, 5) is 28.3. The first-order chi connectivity index (χ1) is 12.1. The molecule has 1 saturated carbocycles. The van der Waals surface area contributed by atoms with E-state index in [-0.39, 0.29) is 12.3 Å². The summed E-state index contributed by atoms with van der Waals surface area (Å²) in [5.41, 5.74) is -0.252.